The van der Waals surface area contributed by atoms with Crippen LogP contribution in [-0.2, 0) is 4.79 Å². The third-order valence-corrected chi connectivity index (χ3v) is 3.02. The number of nitrogens with zero attached hydrogens (tertiary/aromatic N) is 1. The van der Waals surface area contributed by atoms with Crippen LogP contribution in [-0.4, -0.2) is 16.9 Å². The number of nitrogens with two attached hydrogens (primary N) is 1. The van der Waals surface area contributed by atoms with Gasteiger partial charge in [0.15, 0.2) is 0 Å². The van der Waals surface area contributed by atoms with Gasteiger partial charge in [-0.25, -0.2) is 0 Å². The van der Waals surface area contributed by atoms with Crippen molar-refractivity contribution in [3.63, 3.8) is 0 Å². The summed E-state index contributed by atoms with van der Waals surface area (Å²) in [5.74, 6) is 0.158. The van der Waals surface area contributed by atoms with E-state index in [-0.39, 0.29) is 17.9 Å². The standard InChI is InChI=1S/C14H23N3O/c1-3-12(6-4-5-11(2)15)14(18)17-13-7-9-16-10-8-13/h7-12H,3-6,15H2,1-2H3,(H,16,17,18)/t11?,12-/m0/s1. The molecule has 4 heteroatoms. The molecule has 1 heterocycles. The lowest BCUT2D eigenvalue weighted by atomic mass is 9.97. The third kappa shape index (κ3) is 5.27. The summed E-state index contributed by atoms with van der Waals surface area (Å²) in [5.41, 5.74) is 6.52. The van der Waals surface area contributed by atoms with E-state index in [0.717, 1.165) is 31.4 Å². The maximum Gasteiger partial charge on any atom is 0.227 e. The molecule has 0 aliphatic carbocycles. The van der Waals surface area contributed by atoms with Gasteiger partial charge >= 0.3 is 0 Å². The summed E-state index contributed by atoms with van der Waals surface area (Å²) < 4.78 is 0. The van der Waals surface area contributed by atoms with Crippen molar-refractivity contribution in [2.24, 2.45) is 11.7 Å². The number of hydrogen-bond acceptors (Lipinski definition) is 3. The Bertz CT molecular complexity index is 351. The van der Waals surface area contributed by atoms with E-state index in [1.54, 1.807) is 24.5 Å². The topological polar surface area (TPSA) is 68.0 Å². The van der Waals surface area contributed by atoms with E-state index >= 15 is 0 Å². The van der Waals surface area contributed by atoms with Gasteiger partial charge in [0.1, 0.15) is 0 Å². The number of carbonyl (C=O) groups is 1. The van der Waals surface area contributed by atoms with Crippen LogP contribution in [0.15, 0.2) is 24.5 Å². The second-order valence-corrected chi connectivity index (χ2v) is 4.74. The van der Waals surface area contributed by atoms with E-state index in [1.807, 2.05) is 13.8 Å². The van der Waals surface area contributed by atoms with Crippen molar-refractivity contribution in [3.05, 3.63) is 24.5 Å². The number of amides is 1. The Balaban J connectivity index is 2.42. The van der Waals surface area contributed by atoms with E-state index in [9.17, 15) is 4.79 Å². The molecule has 0 fully saturated rings. The van der Waals surface area contributed by atoms with E-state index in [4.69, 9.17) is 5.73 Å². The Labute approximate surface area is 109 Å². The fraction of sp³-hybridized carbons (Fsp3) is 0.571. The zero-order valence-corrected chi connectivity index (χ0v) is 11.2. The number of carbonyl (C=O) groups excluding carboxylic acids is 1. The number of pyridine rings is 1. The lowest BCUT2D eigenvalue weighted by Crippen LogP contribution is -2.23. The lowest BCUT2D eigenvalue weighted by molar-refractivity contribution is -0.120. The van der Waals surface area contributed by atoms with Crippen LogP contribution >= 0.6 is 0 Å². The van der Waals surface area contributed by atoms with Gasteiger partial charge in [0.05, 0.1) is 0 Å². The van der Waals surface area contributed by atoms with Gasteiger partial charge in [0, 0.05) is 30.0 Å². The minimum atomic E-state index is 0.0666. The molecule has 100 valence electrons. The summed E-state index contributed by atoms with van der Waals surface area (Å²) in [6.07, 6.45) is 7.07. The summed E-state index contributed by atoms with van der Waals surface area (Å²) >= 11 is 0. The molecule has 3 N–H and O–H groups in total. The fourth-order valence-corrected chi connectivity index (χ4v) is 1.89. The average molecular weight is 249 g/mol. The quantitative estimate of drug-likeness (QED) is 0.780. The van der Waals surface area contributed by atoms with Crippen LogP contribution < -0.4 is 11.1 Å². The summed E-state index contributed by atoms with van der Waals surface area (Å²) in [5, 5.41) is 2.92. The summed E-state index contributed by atoms with van der Waals surface area (Å²) in [6, 6.07) is 3.81. The van der Waals surface area contributed by atoms with Crippen molar-refractivity contribution >= 4 is 11.6 Å². The number of anilines is 1. The fourth-order valence-electron chi connectivity index (χ4n) is 1.89. The molecular weight excluding hydrogens is 226 g/mol. The van der Waals surface area contributed by atoms with E-state index in [2.05, 4.69) is 10.3 Å². The van der Waals surface area contributed by atoms with Crippen molar-refractivity contribution < 1.29 is 4.79 Å². The second-order valence-electron chi connectivity index (χ2n) is 4.74. The van der Waals surface area contributed by atoms with Gasteiger partial charge in [-0.1, -0.05) is 13.3 Å². The monoisotopic (exact) mass is 249 g/mol. The second kappa shape index (κ2) is 7.82. The molecule has 0 saturated heterocycles. The van der Waals surface area contributed by atoms with Gasteiger partial charge < -0.3 is 11.1 Å². The van der Waals surface area contributed by atoms with E-state index in [0.29, 0.717) is 0 Å². The Morgan fingerprint density at radius 1 is 1.39 bits per heavy atom. The largest absolute Gasteiger partial charge is 0.328 e. The van der Waals surface area contributed by atoms with Crippen LogP contribution in [0.25, 0.3) is 0 Å². The Morgan fingerprint density at radius 2 is 2.06 bits per heavy atom. The van der Waals surface area contributed by atoms with Gasteiger partial charge in [-0.15, -0.1) is 0 Å². The summed E-state index contributed by atoms with van der Waals surface area (Å²) in [4.78, 5) is 16.0. The zero-order chi connectivity index (χ0) is 13.4. The highest BCUT2D eigenvalue weighted by atomic mass is 16.1. The first-order chi connectivity index (χ1) is 8.63. The van der Waals surface area contributed by atoms with Crippen LogP contribution in [0.2, 0.25) is 0 Å². The smallest absolute Gasteiger partial charge is 0.227 e. The van der Waals surface area contributed by atoms with Crippen molar-refractivity contribution in [2.45, 2.75) is 45.6 Å². The van der Waals surface area contributed by atoms with Crippen LogP contribution in [0.3, 0.4) is 0 Å². The molecule has 0 aliphatic heterocycles. The number of aromatic nitrogens is 1. The zero-order valence-electron chi connectivity index (χ0n) is 11.2. The van der Waals surface area contributed by atoms with Crippen LogP contribution in [0.4, 0.5) is 5.69 Å². The number of rotatable bonds is 7. The summed E-state index contributed by atoms with van der Waals surface area (Å²) in [7, 11) is 0. The van der Waals surface area contributed by atoms with Gasteiger partial charge in [-0.05, 0) is 38.3 Å². The van der Waals surface area contributed by atoms with Crippen LogP contribution in [0.1, 0.15) is 39.5 Å². The normalized spacial score (nSPS) is 13.9. The maximum atomic E-state index is 12.1. The molecule has 1 rings (SSSR count). The van der Waals surface area contributed by atoms with E-state index < -0.39 is 0 Å². The molecule has 4 nitrogen and oxygen atoms in total. The highest BCUT2D eigenvalue weighted by Crippen LogP contribution is 2.16. The van der Waals surface area contributed by atoms with Crippen LogP contribution in [0, 0.1) is 5.92 Å². The van der Waals surface area contributed by atoms with Crippen molar-refractivity contribution in [2.75, 3.05) is 5.32 Å². The summed E-state index contributed by atoms with van der Waals surface area (Å²) in [6.45, 7) is 4.04. The van der Waals surface area contributed by atoms with Gasteiger partial charge in [0.2, 0.25) is 5.91 Å². The first-order valence-corrected chi connectivity index (χ1v) is 6.60. The van der Waals surface area contributed by atoms with Crippen molar-refractivity contribution in [1.82, 2.24) is 4.98 Å². The highest BCUT2D eigenvalue weighted by molar-refractivity contribution is 5.92. The number of hydrogen-bond donors (Lipinski definition) is 2. The molecule has 18 heavy (non-hydrogen) atoms. The van der Waals surface area contributed by atoms with Crippen molar-refractivity contribution in [3.8, 4) is 0 Å². The molecule has 1 aromatic rings. The molecule has 2 atom stereocenters. The molecule has 1 aromatic heterocycles. The molecule has 1 unspecified atom stereocenters. The molecule has 1 amide bonds. The molecule has 0 aromatic carbocycles. The minimum absolute atomic E-state index is 0.0666. The van der Waals surface area contributed by atoms with Gasteiger partial charge in [0.25, 0.3) is 0 Å². The first-order valence-electron chi connectivity index (χ1n) is 6.60. The van der Waals surface area contributed by atoms with Gasteiger partial charge in [-0.2, -0.15) is 0 Å². The van der Waals surface area contributed by atoms with E-state index in [1.165, 1.54) is 0 Å². The predicted molar refractivity (Wildman–Crippen MR) is 74.1 cm³/mol. The highest BCUT2D eigenvalue weighted by Gasteiger charge is 2.16. The molecule has 0 bridgehead atoms. The molecule has 0 spiro atoms. The van der Waals surface area contributed by atoms with Crippen LogP contribution in [0.5, 0.6) is 0 Å². The first kappa shape index (κ1) is 14.6. The Morgan fingerprint density at radius 3 is 2.61 bits per heavy atom. The maximum absolute atomic E-state index is 12.1. The lowest BCUT2D eigenvalue weighted by Gasteiger charge is -2.15. The average Bonchev–Trinajstić information content (AvgIpc) is 2.35. The SMILES string of the molecule is CC[C@@H](CCCC(C)N)C(=O)Nc1ccncc1. The Hall–Kier alpha value is -1.42. The molecule has 0 saturated carbocycles. The van der Waals surface area contributed by atoms with Crippen molar-refractivity contribution in [1.29, 1.82) is 0 Å². The molecule has 0 radical (unpaired) electrons. The third-order valence-electron chi connectivity index (χ3n) is 3.02. The number of nitrogens with one attached hydrogen (secondary N) is 1. The minimum Gasteiger partial charge on any atom is -0.328 e. The van der Waals surface area contributed by atoms with Gasteiger partial charge in [-0.3, -0.25) is 9.78 Å². The molecule has 0 aliphatic rings. The predicted octanol–water partition coefficient (Wildman–Crippen LogP) is 2.56. The Kier molecular flexibility index (Phi) is 6.36. The molecular formula is C14H23N3O.